The summed E-state index contributed by atoms with van der Waals surface area (Å²) in [7, 11) is 0. The van der Waals surface area contributed by atoms with Crippen LogP contribution in [0.3, 0.4) is 0 Å². The molecule has 122 valence electrons. The summed E-state index contributed by atoms with van der Waals surface area (Å²) in [5.74, 6) is 0.119. The third kappa shape index (κ3) is 2.65. The molecular formula is C18H21ClN2O2. The van der Waals surface area contributed by atoms with E-state index in [1.165, 1.54) is 0 Å². The second kappa shape index (κ2) is 5.68. The van der Waals surface area contributed by atoms with Crippen LogP contribution in [0.25, 0.3) is 5.57 Å². The molecule has 0 N–H and O–H groups in total. The summed E-state index contributed by atoms with van der Waals surface area (Å²) in [4.78, 5) is 27.8. The van der Waals surface area contributed by atoms with Crippen molar-refractivity contribution in [1.29, 1.82) is 0 Å². The zero-order valence-electron chi connectivity index (χ0n) is 13.6. The van der Waals surface area contributed by atoms with Crippen LogP contribution < -0.4 is 4.90 Å². The Morgan fingerprint density at radius 1 is 1.17 bits per heavy atom. The number of fused-ring (bicyclic) bond motifs is 1. The Balaban J connectivity index is 2.02. The highest BCUT2D eigenvalue weighted by Crippen LogP contribution is 2.47. The lowest BCUT2D eigenvalue weighted by Gasteiger charge is -2.52. The van der Waals surface area contributed by atoms with E-state index < -0.39 is 0 Å². The van der Waals surface area contributed by atoms with Crippen LogP contribution in [0.5, 0.6) is 0 Å². The predicted molar refractivity (Wildman–Crippen MR) is 92.5 cm³/mol. The maximum absolute atomic E-state index is 12.4. The van der Waals surface area contributed by atoms with Gasteiger partial charge in [0.05, 0.1) is 11.2 Å². The van der Waals surface area contributed by atoms with Crippen molar-refractivity contribution in [1.82, 2.24) is 4.90 Å². The first-order valence-corrected chi connectivity index (χ1v) is 8.26. The molecule has 2 aliphatic rings. The molecule has 0 bridgehead atoms. The van der Waals surface area contributed by atoms with Gasteiger partial charge in [-0.1, -0.05) is 18.2 Å². The van der Waals surface area contributed by atoms with Crippen molar-refractivity contribution in [3.05, 3.63) is 35.4 Å². The van der Waals surface area contributed by atoms with Gasteiger partial charge >= 0.3 is 0 Å². The molecular weight excluding hydrogens is 312 g/mol. The van der Waals surface area contributed by atoms with E-state index in [-0.39, 0.29) is 17.4 Å². The minimum Gasteiger partial charge on any atom is -0.343 e. The quantitative estimate of drug-likeness (QED) is 0.729. The van der Waals surface area contributed by atoms with Crippen LogP contribution in [-0.4, -0.2) is 35.3 Å². The molecule has 1 saturated heterocycles. The normalized spacial score (nSPS) is 19.7. The maximum atomic E-state index is 12.4. The number of amides is 2. The Morgan fingerprint density at radius 3 is 2.39 bits per heavy atom. The first kappa shape index (κ1) is 16.1. The summed E-state index contributed by atoms with van der Waals surface area (Å²) < 4.78 is 0. The van der Waals surface area contributed by atoms with E-state index in [4.69, 9.17) is 11.6 Å². The average molecular weight is 333 g/mol. The van der Waals surface area contributed by atoms with Gasteiger partial charge in [-0.05, 0) is 43.0 Å². The van der Waals surface area contributed by atoms with E-state index in [1.807, 2.05) is 28.0 Å². The highest BCUT2D eigenvalue weighted by Gasteiger charge is 2.46. The van der Waals surface area contributed by atoms with Crippen molar-refractivity contribution in [3.8, 4) is 0 Å². The van der Waals surface area contributed by atoms with E-state index in [1.54, 1.807) is 13.8 Å². The number of hydrogen-bond donors (Lipinski definition) is 0. The zero-order valence-corrected chi connectivity index (χ0v) is 14.3. The fraction of sp³-hybridized carbons (Fsp3) is 0.444. The molecule has 1 fully saturated rings. The molecule has 0 aromatic heterocycles. The molecule has 2 aliphatic heterocycles. The lowest BCUT2D eigenvalue weighted by molar-refractivity contribution is -0.130. The summed E-state index contributed by atoms with van der Waals surface area (Å²) in [5, 5.41) is 0.649. The summed E-state index contributed by atoms with van der Waals surface area (Å²) >= 11 is 6.11. The van der Waals surface area contributed by atoms with Gasteiger partial charge in [0.15, 0.2) is 0 Å². The fourth-order valence-corrected chi connectivity index (χ4v) is 4.13. The topological polar surface area (TPSA) is 40.6 Å². The Bertz CT molecular complexity index is 690. The Labute approximate surface area is 141 Å². The van der Waals surface area contributed by atoms with Crippen LogP contribution >= 0.6 is 11.6 Å². The van der Waals surface area contributed by atoms with Crippen molar-refractivity contribution < 1.29 is 9.59 Å². The van der Waals surface area contributed by atoms with Crippen molar-refractivity contribution in [2.45, 2.75) is 38.6 Å². The van der Waals surface area contributed by atoms with Crippen molar-refractivity contribution in [3.63, 3.8) is 0 Å². The second-order valence-corrected chi connectivity index (χ2v) is 6.96. The fourth-order valence-electron chi connectivity index (χ4n) is 3.96. The Morgan fingerprint density at radius 2 is 1.83 bits per heavy atom. The predicted octanol–water partition coefficient (Wildman–Crippen LogP) is 3.49. The average Bonchev–Trinajstić information content (AvgIpc) is 2.48. The van der Waals surface area contributed by atoms with Crippen LogP contribution in [-0.2, 0) is 9.59 Å². The number of rotatable bonds is 0. The largest absolute Gasteiger partial charge is 0.343 e. The molecule has 4 nitrogen and oxygen atoms in total. The van der Waals surface area contributed by atoms with E-state index >= 15 is 0 Å². The van der Waals surface area contributed by atoms with E-state index in [2.05, 4.69) is 6.58 Å². The second-order valence-electron chi connectivity index (χ2n) is 6.53. The molecule has 2 heterocycles. The molecule has 3 rings (SSSR count). The molecule has 0 radical (unpaired) electrons. The highest BCUT2D eigenvalue weighted by molar-refractivity contribution is 6.31. The number of anilines is 1. The number of carbonyl (C=O) groups is 2. The highest BCUT2D eigenvalue weighted by atomic mass is 35.5. The van der Waals surface area contributed by atoms with Crippen molar-refractivity contribution in [2.24, 2.45) is 0 Å². The first-order chi connectivity index (χ1) is 10.8. The van der Waals surface area contributed by atoms with Crippen molar-refractivity contribution >= 4 is 34.7 Å². The number of hydrogen-bond acceptors (Lipinski definition) is 2. The minimum atomic E-state index is -0.282. The van der Waals surface area contributed by atoms with E-state index in [0.29, 0.717) is 18.1 Å². The number of carbonyl (C=O) groups excluding carboxylic acids is 2. The van der Waals surface area contributed by atoms with Crippen LogP contribution in [0.2, 0.25) is 5.02 Å². The van der Waals surface area contributed by atoms with Crippen LogP contribution in [0, 0.1) is 0 Å². The number of nitrogens with zero attached hydrogens (tertiary/aromatic N) is 2. The zero-order chi connectivity index (χ0) is 16.8. The van der Waals surface area contributed by atoms with Crippen molar-refractivity contribution in [2.75, 3.05) is 18.0 Å². The molecule has 0 aliphatic carbocycles. The van der Waals surface area contributed by atoms with Gasteiger partial charge in [0.25, 0.3) is 0 Å². The molecule has 2 amide bonds. The lowest BCUT2D eigenvalue weighted by atomic mass is 9.75. The number of halogens is 1. The van der Waals surface area contributed by atoms with Gasteiger partial charge in [0.2, 0.25) is 11.8 Å². The summed E-state index contributed by atoms with van der Waals surface area (Å²) in [5.41, 5.74) is 2.56. The molecule has 0 atom stereocenters. The van der Waals surface area contributed by atoms with Gasteiger partial charge in [-0.3, -0.25) is 9.59 Å². The van der Waals surface area contributed by atoms with Gasteiger partial charge in [-0.15, -0.1) is 0 Å². The lowest BCUT2D eigenvalue weighted by Crippen LogP contribution is -2.59. The molecule has 0 unspecified atom stereocenters. The van der Waals surface area contributed by atoms with E-state index in [9.17, 15) is 9.59 Å². The minimum absolute atomic E-state index is 0.0253. The Hall–Kier alpha value is -1.81. The smallest absolute Gasteiger partial charge is 0.224 e. The summed E-state index contributed by atoms with van der Waals surface area (Å²) in [6.45, 7) is 8.77. The summed E-state index contributed by atoms with van der Waals surface area (Å²) in [6.07, 6.45) is 2.27. The number of benzene rings is 1. The van der Waals surface area contributed by atoms with Crippen LogP contribution in [0.4, 0.5) is 5.69 Å². The molecule has 1 aromatic rings. The molecule has 1 aromatic carbocycles. The number of piperidine rings is 1. The van der Waals surface area contributed by atoms with E-state index in [0.717, 1.165) is 36.1 Å². The third-order valence-corrected chi connectivity index (χ3v) is 5.29. The van der Waals surface area contributed by atoms with Gasteiger partial charge in [0, 0.05) is 37.5 Å². The third-order valence-electron chi connectivity index (χ3n) is 5.05. The van der Waals surface area contributed by atoms with Crippen LogP contribution in [0.1, 0.15) is 38.7 Å². The molecule has 1 spiro atoms. The summed E-state index contributed by atoms with van der Waals surface area (Å²) in [6, 6.07) is 5.60. The molecule has 0 saturated carbocycles. The van der Waals surface area contributed by atoms with Crippen LogP contribution in [0.15, 0.2) is 24.8 Å². The van der Waals surface area contributed by atoms with Gasteiger partial charge in [-0.25, -0.2) is 0 Å². The molecule has 23 heavy (non-hydrogen) atoms. The monoisotopic (exact) mass is 332 g/mol. The Kier molecular flexibility index (Phi) is 3.96. The van der Waals surface area contributed by atoms with Gasteiger partial charge in [-0.2, -0.15) is 0 Å². The number of likely N-dealkylation sites (tertiary alicyclic amines) is 1. The maximum Gasteiger partial charge on any atom is 0.224 e. The molecule has 5 heteroatoms. The van der Waals surface area contributed by atoms with Gasteiger partial charge in [0.1, 0.15) is 0 Å². The SMILES string of the molecule is C=C1CC2(CCN(C(C)=O)CC2)N(C(C)=O)c2ccc(Cl)cc21. The van der Waals surface area contributed by atoms with Gasteiger partial charge < -0.3 is 9.80 Å². The standard InChI is InChI=1S/C18H21ClN2O2/c1-12-11-18(6-8-20(9-7-18)13(2)22)21(14(3)23)17-5-4-15(19)10-16(12)17/h4-5,10H,1,6-9,11H2,2-3H3. The first-order valence-electron chi connectivity index (χ1n) is 7.88.